The predicted molar refractivity (Wildman–Crippen MR) is 82.1 cm³/mol. The molecule has 4 nitrogen and oxygen atoms in total. The summed E-state index contributed by atoms with van der Waals surface area (Å²) in [5.41, 5.74) is 2.38. The van der Waals surface area contributed by atoms with Crippen molar-refractivity contribution in [1.29, 1.82) is 0 Å². The molecule has 2 atom stereocenters. The Labute approximate surface area is 126 Å². The predicted octanol–water partition coefficient (Wildman–Crippen LogP) is 2.61. The van der Waals surface area contributed by atoms with E-state index in [2.05, 4.69) is 38.2 Å². The van der Waals surface area contributed by atoms with Gasteiger partial charge in [-0.15, -0.1) is 0 Å². The molecule has 0 spiro atoms. The van der Waals surface area contributed by atoms with Crippen LogP contribution in [0.5, 0.6) is 0 Å². The number of carbonyl (C=O) groups excluding carboxylic acids is 1. The fraction of sp³-hybridized carbons (Fsp3) is 0.588. The van der Waals surface area contributed by atoms with E-state index in [1.165, 1.54) is 11.1 Å². The lowest BCUT2D eigenvalue weighted by Gasteiger charge is -2.27. The van der Waals surface area contributed by atoms with Gasteiger partial charge < -0.3 is 14.8 Å². The fourth-order valence-corrected chi connectivity index (χ4v) is 2.62. The lowest BCUT2D eigenvalue weighted by Crippen LogP contribution is -2.44. The van der Waals surface area contributed by atoms with Crippen molar-refractivity contribution in [3.05, 3.63) is 35.4 Å². The van der Waals surface area contributed by atoms with E-state index in [1.54, 1.807) is 0 Å². The van der Waals surface area contributed by atoms with Crippen molar-refractivity contribution in [2.24, 2.45) is 5.92 Å². The number of hydrogen-bond donors (Lipinski definition) is 1. The van der Waals surface area contributed by atoms with Crippen LogP contribution in [0.1, 0.15) is 37.4 Å². The number of rotatable bonds is 5. The highest BCUT2D eigenvalue weighted by Crippen LogP contribution is 2.24. The Morgan fingerprint density at radius 1 is 1.33 bits per heavy atom. The number of aryl methyl sites for hydroxylation is 1. The van der Waals surface area contributed by atoms with Gasteiger partial charge in [-0.3, -0.25) is 4.79 Å². The number of carbonyl (C=O) groups is 1. The van der Waals surface area contributed by atoms with Crippen LogP contribution in [-0.4, -0.2) is 31.8 Å². The molecule has 1 N–H and O–H groups in total. The van der Waals surface area contributed by atoms with Crippen molar-refractivity contribution in [2.45, 2.75) is 39.3 Å². The van der Waals surface area contributed by atoms with E-state index >= 15 is 0 Å². The van der Waals surface area contributed by atoms with Crippen LogP contribution in [-0.2, 0) is 14.3 Å². The zero-order chi connectivity index (χ0) is 15.2. The quantitative estimate of drug-likeness (QED) is 0.907. The third kappa shape index (κ3) is 4.55. The van der Waals surface area contributed by atoms with Crippen LogP contribution in [0.4, 0.5) is 0 Å². The molecule has 1 fully saturated rings. The van der Waals surface area contributed by atoms with Crippen LogP contribution in [0.2, 0.25) is 0 Å². The van der Waals surface area contributed by atoms with E-state index in [0.29, 0.717) is 25.7 Å². The smallest absolute Gasteiger partial charge is 0.252 e. The maximum atomic E-state index is 12.4. The Hall–Kier alpha value is -1.39. The van der Waals surface area contributed by atoms with E-state index in [-0.39, 0.29) is 11.9 Å². The van der Waals surface area contributed by atoms with E-state index in [4.69, 9.17) is 9.47 Å². The number of nitrogens with one attached hydrogen (secondary N) is 1. The molecule has 4 heteroatoms. The van der Waals surface area contributed by atoms with E-state index in [0.717, 1.165) is 6.42 Å². The molecule has 1 aliphatic heterocycles. The first-order chi connectivity index (χ1) is 10.1. The number of hydrogen-bond acceptors (Lipinski definition) is 3. The van der Waals surface area contributed by atoms with E-state index in [1.807, 2.05) is 12.1 Å². The number of amides is 1. The van der Waals surface area contributed by atoms with E-state index < -0.39 is 6.10 Å². The van der Waals surface area contributed by atoms with Gasteiger partial charge >= 0.3 is 0 Å². The summed E-state index contributed by atoms with van der Waals surface area (Å²) in [4.78, 5) is 12.4. The molecule has 0 bridgehead atoms. The largest absolute Gasteiger partial charge is 0.376 e. The van der Waals surface area contributed by atoms with Gasteiger partial charge in [-0.2, -0.15) is 0 Å². The van der Waals surface area contributed by atoms with Gasteiger partial charge in [-0.1, -0.05) is 38.1 Å². The van der Waals surface area contributed by atoms with Gasteiger partial charge in [0.15, 0.2) is 6.10 Å². The highest BCUT2D eigenvalue weighted by molar-refractivity contribution is 5.81. The maximum absolute atomic E-state index is 12.4. The van der Waals surface area contributed by atoms with Gasteiger partial charge in [0.25, 0.3) is 5.91 Å². The third-order valence-corrected chi connectivity index (χ3v) is 3.70. The average molecular weight is 291 g/mol. The Morgan fingerprint density at radius 2 is 2.10 bits per heavy atom. The lowest BCUT2D eigenvalue weighted by atomic mass is 9.93. The minimum absolute atomic E-state index is 0.0178. The molecule has 0 unspecified atom stereocenters. The topological polar surface area (TPSA) is 47.6 Å². The molecule has 0 saturated carbocycles. The Balaban J connectivity index is 2.09. The molecule has 1 heterocycles. The SMILES string of the molecule is Cc1ccccc1[C@@H](CC(C)C)NC(=O)[C@H]1COCCO1. The van der Waals surface area contributed by atoms with Crippen molar-refractivity contribution >= 4 is 5.91 Å². The third-order valence-electron chi connectivity index (χ3n) is 3.70. The average Bonchev–Trinajstić information content (AvgIpc) is 2.47. The Bertz CT molecular complexity index is 467. The van der Waals surface area contributed by atoms with Gasteiger partial charge in [0.2, 0.25) is 0 Å². The standard InChI is InChI=1S/C17H25NO3/c1-12(2)10-15(14-7-5-4-6-13(14)3)18-17(19)16-11-20-8-9-21-16/h4-7,12,15-16H,8-11H2,1-3H3,(H,18,19)/t15-,16-/m1/s1. The molecule has 0 aliphatic carbocycles. The summed E-state index contributed by atoms with van der Waals surface area (Å²) in [6.07, 6.45) is 0.418. The monoisotopic (exact) mass is 291 g/mol. The van der Waals surface area contributed by atoms with Crippen molar-refractivity contribution < 1.29 is 14.3 Å². The summed E-state index contributed by atoms with van der Waals surface area (Å²) in [5, 5.41) is 3.13. The highest BCUT2D eigenvalue weighted by atomic mass is 16.6. The Kier molecular flexibility index (Phi) is 5.76. The lowest BCUT2D eigenvalue weighted by molar-refractivity contribution is -0.148. The number of ether oxygens (including phenoxy) is 2. The van der Waals surface area contributed by atoms with Gasteiger partial charge in [-0.05, 0) is 30.4 Å². The molecule has 1 aromatic rings. The fourth-order valence-electron chi connectivity index (χ4n) is 2.62. The molecule has 116 valence electrons. The zero-order valence-corrected chi connectivity index (χ0v) is 13.1. The van der Waals surface area contributed by atoms with Gasteiger partial charge in [-0.25, -0.2) is 0 Å². The van der Waals surface area contributed by atoms with Crippen molar-refractivity contribution in [2.75, 3.05) is 19.8 Å². The molecule has 0 aromatic heterocycles. The van der Waals surface area contributed by atoms with Crippen LogP contribution in [0.15, 0.2) is 24.3 Å². The second-order valence-electron chi connectivity index (χ2n) is 5.98. The molecule has 0 radical (unpaired) electrons. The molecule has 1 aromatic carbocycles. The minimum Gasteiger partial charge on any atom is -0.376 e. The minimum atomic E-state index is -0.488. The first kappa shape index (κ1) is 16.0. The van der Waals surface area contributed by atoms with Gasteiger partial charge in [0.1, 0.15) is 0 Å². The first-order valence-electron chi connectivity index (χ1n) is 7.63. The molecule has 2 rings (SSSR count). The molecule has 1 saturated heterocycles. The summed E-state index contributed by atoms with van der Waals surface area (Å²) < 4.78 is 10.8. The molecule has 1 amide bonds. The van der Waals surface area contributed by atoms with Crippen molar-refractivity contribution in [3.8, 4) is 0 Å². The first-order valence-corrected chi connectivity index (χ1v) is 7.63. The van der Waals surface area contributed by atoms with Crippen LogP contribution in [0.3, 0.4) is 0 Å². The van der Waals surface area contributed by atoms with Gasteiger partial charge in [0, 0.05) is 0 Å². The molecular formula is C17H25NO3. The summed E-state index contributed by atoms with van der Waals surface area (Å²) >= 11 is 0. The number of benzene rings is 1. The highest BCUT2D eigenvalue weighted by Gasteiger charge is 2.26. The second kappa shape index (κ2) is 7.57. The van der Waals surface area contributed by atoms with E-state index in [9.17, 15) is 4.79 Å². The summed E-state index contributed by atoms with van der Waals surface area (Å²) in [6, 6.07) is 8.22. The van der Waals surface area contributed by atoms with Crippen molar-refractivity contribution in [1.82, 2.24) is 5.32 Å². The Morgan fingerprint density at radius 3 is 2.71 bits per heavy atom. The second-order valence-corrected chi connectivity index (χ2v) is 5.98. The normalized spacial score (nSPS) is 20.3. The summed E-state index contributed by atoms with van der Waals surface area (Å²) in [7, 11) is 0. The summed E-state index contributed by atoms with van der Waals surface area (Å²) in [6.45, 7) is 7.80. The van der Waals surface area contributed by atoms with Gasteiger partial charge in [0.05, 0.1) is 25.9 Å². The van der Waals surface area contributed by atoms with Crippen LogP contribution < -0.4 is 5.32 Å². The molecule has 21 heavy (non-hydrogen) atoms. The zero-order valence-electron chi connectivity index (χ0n) is 13.1. The summed E-state index contributed by atoms with van der Waals surface area (Å²) in [5.74, 6) is 0.419. The molecule has 1 aliphatic rings. The van der Waals surface area contributed by atoms with Crippen molar-refractivity contribution in [3.63, 3.8) is 0 Å². The van der Waals surface area contributed by atoms with Crippen LogP contribution >= 0.6 is 0 Å². The molecular weight excluding hydrogens is 266 g/mol. The maximum Gasteiger partial charge on any atom is 0.252 e. The van der Waals surface area contributed by atoms with Crippen LogP contribution in [0.25, 0.3) is 0 Å². The van der Waals surface area contributed by atoms with Crippen LogP contribution in [0, 0.1) is 12.8 Å².